The molecular weight excluding hydrogens is 383 g/mol. The minimum Gasteiger partial charge on any atom is -0.481 e. The number of carbonyl (C=O) groups excluding carboxylic acids is 1. The predicted octanol–water partition coefficient (Wildman–Crippen LogP) is 5.10. The molecule has 0 atom stereocenters. The molecule has 0 bridgehead atoms. The molecule has 0 spiro atoms. The molecule has 5 nitrogen and oxygen atoms in total. The van der Waals surface area contributed by atoms with E-state index in [2.05, 4.69) is 11.4 Å². The van der Waals surface area contributed by atoms with E-state index >= 15 is 0 Å². The monoisotopic (exact) mass is 396 g/mol. The molecule has 0 aliphatic rings. The van der Waals surface area contributed by atoms with Crippen LogP contribution in [0.15, 0.2) is 18.2 Å². The van der Waals surface area contributed by atoms with Gasteiger partial charge in [-0.25, -0.2) is 0 Å². The molecule has 2 N–H and O–H groups in total. The summed E-state index contributed by atoms with van der Waals surface area (Å²) in [6.45, 7) is 1.84. The number of carboxylic acids is 1. The summed E-state index contributed by atoms with van der Waals surface area (Å²) in [5.41, 5.74) is 1.66. The van der Waals surface area contributed by atoms with Crippen LogP contribution in [0, 0.1) is 18.3 Å². The molecule has 1 aromatic heterocycles. The van der Waals surface area contributed by atoms with Gasteiger partial charge in [-0.1, -0.05) is 29.3 Å². The van der Waals surface area contributed by atoms with Crippen LogP contribution >= 0.6 is 34.5 Å². The number of hydrogen-bond acceptors (Lipinski definition) is 4. The van der Waals surface area contributed by atoms with Gasteiger partial charge in [0.2, 0.25) is 5.91 Å². The van der Waals surface area contributed by atoms with E-state index in [4.69, 9.17) is 28.3 Å². The molecule has 2 aromatic rings. The number of carbonyl (C=O) groups is 2. The van der Waals surface area contributed by atoms with E-state index in [1.807, 2.05) is 6.92 Å². The van der Waals surface area contributed by atoms with Crippen LogP contribution in [-0.4, -0.2) is 17.0 Å². The zero-order chi connectivity index (χ0) is 18.6. The average Bonchev–Trinajstić information content (AvgIpc) is 2.82. The molecule has 8 heteroatoms. The van der Waals surface area contributed by atoms with Crippen molar-refractivity contribution in [1.29, 1.82) is 5.26 Å². The number of aryl methyl sites for hydroxylation is 1. The topological polar surface area (TPSA) is 90.2 Å². The molecule has 130 valence electrons. The van der Waals surface area contributed by atoms with Gasteiger partial charge in [0.15, 0.2) is 0 Å². The molecule has 0 aliphatic heterocycles. The Morgan fingerprint density at radius 3 is 2.64 bits per heavy atom. The molecule has 0 radical (unpaired) electrons. The van der Waals surface area contributed by atoms with Gasteiger partial charge in [-0.05, 0) is 25.5 Å². The van der Waals surface area contributed by atoms with Crippen molar-refractivity contribution in [1.82, 2.24) is 0 Å². The normalized spacial score (nSPS) is 10.3. The molecule has 2 rings (SSSR count). The molecule has 0 saturated heterocycles. The third-order valence-electron chi connectivity index (χ3n) is 3.44. The van der Waals surface area contributed by atoms with Crippen molar-refractivity contribution in [3.8, 4) is 17.2 Å². The smallest absolute Gasteiger partial charge is 0.303 e. The van der Waals surface area contributed by atoms with Crippen LogP contribution in [-0.2, 0) is 9.59 Å². The van der Waals surface area contributed by atoms with Gasteiger partial charge in [-0.2, -0.15) is 5.26 Å². The van der Waals surface area contributed by atoms with Crippen LogP contribution < -0.4 is 5.32 Å². The Morgan fingerprint density at radius 2 is 2.04 bits per heavy atom. The van der Waals surface area contributed by atoms with E-state index in [-0.39, 0.29) is 25.2 Å². The fourth-order valence-electron chi connectivity index (χ4n) is 2.35. The minimum atomic E-state index is -0.947. The minimum absolute atomic E-state index is 0.0746. The van der Waals surface area contributed by atoms with Crippen LogP contribution in [0.25, 0.3) is 11.1 Å². The Hall–Kier alpha value is -2.07. The van der Waals surface area contributed by atoms with E-state index in [1.54, 1.807) is 18.2 Å². The standard InChI is InChI=1S/C17H14Cl2N2O3S/c1-9-16(11-6-5-10(18)7-13(11)19)12(8-20)17(25-9)21-14(22)3-2-4-15(23)24/h5-7H,2-4H2,1H3,(H,21,22)(H,23,24). The maximum atomic E-state index is 12.0. The molecule has 0 saturated carbocycles. The van der Waals surface area contributed by atoms with Gasteiger partial charge >= 0.3 is 5.97 Å². The first-order chi connectivity index (χ1) is 11.8. The van der Waals surface area contributed by atoms with Crippen LogP contribution in [0.5, 0.6) is 0 Å². The van der Waals surface area contributed by atoms with Crippen LogP contribution in [0.3, 0.4) is 0 Å². The molecule has 1 heterocycles. The third-order valence-corrected chi connectivity index (χ3v) is 5.01. The number of amides is 1. The summed E-state index contributed by atoms with van der Waals surface area (Å²) >= 11 is 13.4. The summed E-state index contributed by atoms with van der Waals surface area (Å²) in [5, 5.41) is 22.2. The van der Waals surface area contributed by atoms with Gasteiger partial charge in [0.1, 0.15) is 11.1 Å². The second-order valence-electron chi connectivity index (χ2n) is 5.27. The highest BCUT2D eigenvalue weighted by atomic mass is 35.5. The first-order valence-corrected chi connectivity index (χ1v) is 8.91. The van der Waals surface area contributed by atoms with Gasteiger partial charge in [0, 0.05) is 38.9 Å². The Bertz CT molecular complexity index is 872. The van der Waals surface area contributed by atoms with Gasteiger partial charge in [-0.3, -0.25) is 9.59 Å². The number of aliphatic carboxylic acids is 1. The number of nitrogens with one attached hydrogen (secondary N) is 1. The van der Waals surface area contributed by atoms with Crippen molar-refractivity contribution in [2.24, 2.45) is 0 Å². The zero-order valence-corrected chi connectivity index (χ0v) is 15.6. The lowest BCUT2D eigenvalue weighted by molar-refractivity contribution is -0.137. The van der Waals surface area contributed by atoms with E-state index in [1.165, 1.54) is 11.3 Å². The van der Waals surface area contributed by atoms with E-state index in [9.17, 15) is 14.9 Å². The molecule has 0 fully saturated rings. The molecule has 1 aromatic carbocycles. The Balaban J connectivity index is 2.29. The van der Waals surface area contributed by atoms with Crippen molar-refractivity contribution in [3.05, 3.63) is 38.7 Å². The molecule has 1 amide bonds. The number of rotatable bonds is 6. The summed E-state index contributed by atoms with van der Waals surface area (Å²) in [6.07, 6.45) is 0.238. The number of benzene rings is 1. The van der Waals surface area contributed by atoms with Gasteiger partial charge in [0.05, 0.1) is 5.56 Å². The lowest BCUT2D eigenvalue weighted by atomic mass is 10.0. The zero-order valence-electron chi connectivity index (χ0n) is 13.2. The maximum absolute atomic E-state index is 12.0. The highest BCUT2D eigenvalue weighted by molar-refractivity contribution is 7.17. The third kappa shape index (κ3) is 4.73. The largest absolute Gasteiger partial charge is 0.481 e. The molecule has 0 unspecified atom stereocenters. The number of anilines is 1. The number of thiophene rings is 1. The predicted molar refractivity (Wildman–Crippen MR) is 99.3 cm³/mol. The summed E-state index contributed by atoms with van der Waals surface area (Å²) in [6, 6.07) is 7.13. The second kappa shape index (κ2) is 8.34. The van der Waals surface area contributed by atoms with Crippen molar-refractivity contribution in [3.63, 3.8) is 0 Å². The van der Waals surface area contributed by atoms with Crippen molar-refractivity contribution < 1.29 is 14.7 Å². The van der Waals surface area contributed by atoms with Crippen molar-refractivity contribution >= 4 is 51.4 Å². The summed E-state index contributed by atoms with van der Waals surface area (Å²) < 4.78 is 0. The molecule has 0 aliphatic carbocycles. The fraction of sp³-hybridized carbons (Fsp3) is 0.235. The van der Waals surface area contributed by atoms with Crippen LogP contribution in [0.2, 0.25) is 10.0 Å². The number of carboxylic acid groups (broad SMARTS) is 1. The lowest BCUT2D eigenvalue weighted by Gasteiger charge is -2.06. The fourth-order valence-corrected chi connectivity index (χ4v) is 3.88. The second-order valence-corrected chi connectivity index (χ2v) is 7.34. The van der Waals surface area contributed by atoms with Crippen LogP contribution in [0.4, 0.5) is 5.00 Å². The maximum Gasteiger partial charge on any atom is 0.303 e. The van der Waals surface area contributed by atoms with Crippen molar-refractivity contribution in [2.45, 2.75) is 26.2 Å². The quantitative estimate of drug-likeness (QED) is 0.710. The summed E-state index contributed by atoms with van der Waals surface area (Å²) in [7, 11) is 0. The van der Waals surface area contributed by atoms with Crippen LogP contribution in [0.1, 0.15) is 29.7 Å². The summed E-state index contributed by atoms with van der Waals surface area (Å²) in [5.74, 6) is -1.27. The first kappa shape index (κ1) is 19.3. The van der Waals surface area contributed by atoms with Gasteiger partial charge in [0.25, 0.3) is 0 Å². The summed E-state index contributed by atoms with van der Waals surface area (Å²) in [4.78, 5) is 23.3. The highest BCUT2D eigenvalue weighted by Crippen LogP contribution is 2.42. The SMILES string of the molecule is Cc1sc(NC(=O)CCCC(=O)O)c(C#N)c1-c1ccc(Cl)cc1Cl. The molecule has 25 heavy (non-hydrogen) atoms. The number of hydrogen-bond donors (Lipinski definition) is 2. The first-order valence-electron chi connectivity index (χ1n) is 7.34. The Kier molecular flexibility index (Phi) is 6.43. The van der Waals surface area contributed by atoms with E-state index in [0.717, 1.165) is 4.88 Å². The molecular formula is C17H14Cl2N2O3S. The van der Waals surface area contributed by atoms with Gasteiger partial charge < -0.3 is 10.4 Å². The Labute approximate surface area is 158 Å². The van der Waals surface area contributed by atoms with E-state index < -0.39 is 5.97 Å². The highest BCUT2D eigenvalue weighted by Gasteiger charge is 2.20. The average molecular weight is 397 g/mol. The van der Waals surface area contributed by atoms with E-state index in [0.29, 0.717) is 31.7 Å². The van der Waals surface area contributed by atoms with Crippen molar-refractivity contribution in [2.75, 3.05) is 5.32 Å². The van der Waals surface area contributed by atoms with Gasteiger partial charge in [-0.15, -0.1) is 11.3 Å². The Morgan fingerprint density at radius 1 is 1.32 bits per heavy atom. The number of nitriles is 1. The number of halogens is 2. The lowest BCUT2D eigenvalue weighted by Crippen LogP contribution is -2.11. The number of nitrogens with zero attached hydrogens (tertiary/aromatic N) is 1.